The van der Waals surface area contributed by atoms with E-state index in [1.54, 1.807) is 18.2 Å². The quantitative estimate of drug-likeness (QED) is 0.478. The van der Waals surface area contributed by atoms with Crippen molar-refractivity contribution in [3.63, 3.8) is 0 Å². The number of aliphatic hydroxyl groups is 2. The first-order valence-corrected chi connectivity index (χ1v) is 7.29. The summed E-state index contributed by atoms with van der Waals surface area (Å²) >= 11 is 0. The fourth-order valence-electron chi connectivity index (χ4n) is 2.61. The lowest BCUT2D eigenvalue weighted by molar-refractivity contribution is -0.152. The van der Waals surface area contributed by atoms with Crippen molar-refractivity contribution >= 4 is 17.7 Å². The van der Waals surface area contributed by atoms with Crippen LogP contribution < -0.4 is 0 Å². The molecule has 1 heterocycles. The summed E-state index contributed by atoms with van der Waals surface area (Å²) in [6.07, 6.45) is -2.55. The Morgan fingerprint density at radius 3 is 2.21 bits per heavy atom. The van der Waals surface area contributed by atoms with Gasteiger partial charge in [0.1, 0.15) is 17.4 Å². The molecule has 0 amide bonds. The van der Waals surface area contributed by atoms with Gasteiger partial charge in [0.2, 0.25) is 0 Å². The summed E-state index contributed by atoms with van der Waals surface area (Å²) in [7, 11) is 2.55. The van der Waals surface area contributed by atoms with Gasteiger partial charge in [-0.15, -0.1) is 0 Å². The molecule has 24 heavy (non-hydrogen) atoms. The van der Waals surface area contributed by atoms with Gasteiger partial charge >= 0.3 is 11.9 Å². The molecule has 1 saturated heterocycles. The summed E-state index contributed by atoms with van der Waals surface area (Å²) in [5, 5.41) is 20.5. The number of methoxy groups -OCH3 is 2. The summed E-state index contributed by atoms with van der Waals surface area (Å²) in [6.45, 7) is 2.85. The Morgan fingerprint density at radius 2 is 1.75 bits per heavy atom. The average molecular weight is 336 g/mol. The summed E-state index contributed by atoms with van der Waals surface area (Å²) in [5.41, 5.74) is -1.14. The molecule has 0 saturated carbocycles. The molecule has 0 aliphatic carbocycles. The maximum atomic E-state index is 12.2. The molecule has 0 radical (unpaired) electrons. The van der Waals surface area contributed by atoms with E-state index in [4.69, 9.17) is 14.2 Å². The Morgan fingerprint density at radius 1 is 1.17 bits per heavy atom. The lowest BCUT2D eigenvalue weighted by Gasteiger charge is -2.26. The summed E-state index contributed by atoms with van der Waals surface area (Å²) in [6, 6.07) is 6.37. The molecule has 7 nitrogen and oxygen atoms in total. The standard InChI is InChI=1S/C17H20O7/c1-17(2,21)14-12(18)11(16(20)24-14)13(22-3)9-7-5-6-8-10(9)15(19)23-4/h5-8,12,14,18,21H,1-4H3/t12-,14-/m0/s1. The minimum Gasteiger partial charge on any atom is -0.495 e. The first kappa shape index (κ1) is 18.0. The molecule has 2 atom stereocenters. The third-order valence-corrected chi connectivity index (χ3v) is 3.76. The number of aliphatic hydroxyl groups excluding tert-OH is 1. The highest BCUT2D eigenvalue weighted by Crippen LogP contribution is 2.35. The molecule has 1 aromatic carbocycles. The van der Waals surface area contributed by atoms with E-state index in [9.17, 15) is 19.8 Å². The topological polar surface area (TPSA) is 102 Å². The van der Waals surface area contributed by atoms with Crippen molar-refractivity contribution in [3.8, 4) is 0 Å². The third kappa shape index (κ3) is 3.13. The molecule has 1 fully saturated rings. The maximum absolute atomic E-state index is 12.2. The van der Waals surface area contributed by atoms with Gasteiger partial charge in [0.15, 0.2) is 6.10 Å². The van der Waals surface area contributed by atoms with Crippen LogP contribution in [0.5, 0.6) is 0 Å². The van der Waals surface area contributed by atoms with Gasteiger partial charge in [0.25, 0.3) is 0 Å². The van der Waals surface area contributed by atoms with Gasteiger partial charge in [0.05, 0.1) is 25.4 Å². The predicted molar refractivity (Wildman–Crippen MR) is 83.9 cm³/mol. The van der Waals surface area contributed by atoms with Gasteiger partial charge < -0.3 is 24.4 Å². The zero-order valence-electron chi connectivity index (χ0n) is 13.9. The normalized spacial score (nSPS) is 22.8. The van der Waals surface area contributed by atoms with E-state index >= 15 is 0 Å². The minimum absolute atomic E-state index is 0.000231. The molecule has 0 spiro atoms. The van der Waals surface area contributed by atoms with Crippen LogP contribution in [0.15, 0.2) is 29.8 Å². The van der Waals surface area contributed by atoms with Crippen LogP contribution in [0.4, 0.5) is 0 Å². The minimum atomic E-state index is -1.45. The molecule has 0 aromatic heterocycles. The Bertz CT molecular complexity index is 684. The molecule has 0 bridgehead atoms. The van der Waals surface area contributed by atoms with Gasteiger partial charge in [-0.2, -0.15) is 0 Å². The largest absolute Gasteiger partial charge is 0.495 e. The SMILES string of the molecule is COC(=O)c1ccccc1C(OC)=C1C(=O)O[C@H](C(C)(C)O)[C@H]1O. The first-order chi connectivity index (χ1) is 11.2. The van der Waals surface area contributed by atoms with Crippen molar-refractivity contribution in [2.75, 3.05) is 14.2 Å². The van der Waals surface area contributed by atoms with Crippen LogP contribution in [0, 0.1) is 0 Å². The fraction of sp³-hybridized carbons (Fsp3) is 0.412. The predicted octanol–water partition coefficient (Wildman–Crippen LogP) is 0.888. The highest BCUT2D eigenvalue weighted by molar-refractivity contribution is 6.03. The number of cyclic esters (lactones) is 1. The monoisotopic (exact) mass is 336 g/mol. The van der Waals surface area contributed by atoms with Crippen LogP contribution in [0.1, 0.15) is 29.8 Å². The van der Waals surface area contributed by atoms with Gasteiger partial charge in [-0.3, -0.25) is 0 Å². The Balaban J connectivity index is 2.62. The Kier molecular flexibility index (Phi) is 4.96. The zero-order chi connectivity index (χ0) is 18.1. The smallest absolute Gasteiger partial charge is 0.341 e. The lowest BCUT2D eigenvalue weighted by Crippen LogP contribution is -2.42. The van der Waals surface area contributed by atoms with E-state index < -0.39 is 29.7 Å². The zero-order valence-corrected chi connectivity index (χ0v) is 13.9. The molecule has 1 aliphatic rings. The van der Waals surface area contributed by atoms with Crippen LogP contribution in [-0.4, -0.2) is 54.2 Å². The van der Waals surface area contributed by atoms with E-state index in [2.05, 4.69) is 0 Å². The molecular formula is C17H20O7. The van der Waals surface area contributed by atoms with Gasteiger partial charge in [-0.25, -0.2) is 9.59 Å². The number of carbonyl (C=O) groups excluding carboxylic acids is 2. The Hall–Kier alpha value is -2.38. The van der Waals surface area contributed by atoms with Gasteiger partial charge in [-0.05, 0) is 19.9 Å². The number of rotatable bonds is 4. The van der Waals surface area contributed by atoms with Crippen molar-refractivity contribution in [1.29, 1.82) is 0 Å². The molecule has 7 heteroatoms. The number of hydrogen-bond acceptors (Lipinski definition) is 7. The molecule has 2 rings (SSSR count). The van der Waals surface area contributed by atoms with E-state index in [-0.39, 0.29) is 22.5 Å². The second-order valence-electron chi connectivity index (χ2n) is 5.91. The highest BCUT2D eigenvalue weighted by Gasteiger charge is 2.48. The molecule has 1 aromatic rings. The molecule has 2 N–H and O–H groups in total. The van der Waals surface area contributed by atoms with Crippen molar-refractivity contribution in [2.24, 2.45) is 0 Å². The number of carbonyl (C=O) groups is 2. The first-order valence-electron chi connectivity index (χ1n) is 7.29. The van der Waals surface area contributed by atoms with E-state index in [1.165, 1.54) is 34.1 Å². The van der Waals surface area contributed by atoms with Gasteiger partial charge in [-0.1, -0.05) is 18.2 Å². The van der Waals surface area contributed by atoms with E-state index in [0.717, 1.165) is 0 Å². The van der Waals surface area contributed by atoms with Crippen LogP contribution in [-0.2, 0) is 19.0 Å². The van der Waals surface area contributed by atoms with Crippen molar-refractivity contribution in [3.05, 3.63) is 41.0 Å². The summed E-state index contributed by atoms with van der Waals surface area (Å²) < 4.78 is 15.1. The average Bonchev–Trinajstić information content (AvgIpc) is 2.84. The van der Waals surface area contributed by atoms with Crippen LogP contribution in [0.3, 0.4) is 0 Å². The van der Waals surface area contributed by atoms with Crippen LogP contribution in [0.2, 0.25) is 0 Å². The number of benzene rings is 1. The third-order valence-electron chi connectivity index (χ3n) is 3.76. The van der Waals surface area contributed by atoms with Crippen molar-refractivity contribution in [2.45, 2.75) is 31.7 Å². The molecule has 130 valence electrons. The van der Waals surface area contributed by atoms with Gasteiger partial charge in [0, 0.05) is 5.56 Å². The molecular weight excluding hydrogens is 316 g/mol. The highest BCUT2D eigenvalue weighted by atomic mass is 16.6. The Labute approximate surface area is 139 Å². The summed E-state index contributed by atoms with van der Waals surface area (Å²) in [5.74, 6) is -1.42. The lowest BCUT2D eigenvalue weighted by atomic mass is 9.92. The van der Waals surface area contributed by atoms with E-state index in [1.807, 2.05) is 0 Å². The molecule has 1 aliphatic heterocycles. The van der Waals surface area contributed by atoms with Crippen LogP contribution >= 0.6 is 0 Å². The number of esters is 2. The van der Waals surface area contributed by atoms with E-state index in [0.29, 0.717) is 0 Å². The number of ether oxygens (including phenoxy) is 3. The summed E-state index contributed by atoms with van der Waals surface area (Å²) in [4.78, 5) is 24.2. The van der Waals surface area contributed by atoms with Crippen molar-refractivity contribution in [1.82, 2.24) is 0 Å². The number of hydrogen-bond donors (Lipinski definition) is 2. The van der Waals surface area contributed by atoms with Crippen molar-refractivity contribution < 1.29 is 34.0 Å². The fourth-order valence-corrected chi connectivity index (χ4v) is 2.61. The van der Waals surface area contributed by atoms with Crippen LogP contribution in [0.25, 0.3) is 5.76 Å². The second-order valence-corrected chi connectivity index (χ2v) is 5.91. The molecule has 0 unspecified atom stereocenters. The second kappa shape index (κ2) is 6.62. The maximum Gasteiger partial charge on any atom is 0.341 e.